The van der Waals surface area contributed by atoms with Gasteiger partial charge >= 0.3 is 0 Å². The molecule has 1 amide bonds. The Morgan fingerprint density at radius 3 is 2.48 bits per heavy atom. The number of hydrogen-bond acceptors (Lipinski definition) is 6. The van der Waals surface area contributed by atoms with Crippen molar-refractivity contribution in [1.82, 2.24) is 15.1 Å². The summed E-state index contributed by atoms with van der Waals surface area (Å²) in [5.74, 6) is 2.46. The molecule has 0 bridgehead atoms. The Labute approximate surface area is 185 Å². The highest BCUT2D eigenvalue weighted by molar-refractivity contribution is 6.30. The van der Waals surface area contributed by atoms with Crippen LogP contribution in [0, 0.1) is 0 Å². The summed E-state index contributed by atoms with van der Waals surface area (Å²) in [4.78, 5) is 14.6. The molecule has 0 aliphatic heterocycles. The minimum Gasteiger partial charge on any atom is -0.497 e. The van der Waals surface area contributed by atoms with Crippen LogP contribution in [0.5, 0.6) is 11.5 Å². The van der Waals surface area contributed by atoms with E-state index in [1.807, 2.05) is 41.3 Å². The molecule has 0 radical (unpaired) electrons. The van der Waals surface area contributed by atoms with Crippen LogP contribution in [0.4, 0.5) is 0 Å². The van der Waals surface area contributed by atoms with Crippen LogP contribution in [0.25, 0.3) is 11.5 Å². The number of halogens is 1. The maximum absolute atomic E-state index is 12.8. The Bertz CT molecular complexity index is 1000. The number of rotatable bonds is 10. The van der Waals surface area contributed by atoms with E-state index in [-0.39, 0.29) is 11.9 Å². The van der Waals surface area contributed by atoms with Gasteiger partial charge in [0.25, 0.3) is 0 Å². The Hall–Kier alpha value is -3.06. The number of benzene rings is 2. The van der Waals surface area contributed by atoms with Crippen molar-refractivity contribution in [2.75, 3.05) is 13.7 Å². The van der Waals surface area contributed by atoms with E-state index < -0.39 is 0 Å². The molecule has 1 aromatic heterocycles. The maximum Gasteiger partial charge on any atom is 0.247 e. The first-order valence-corrected chi connectivity index (χ1v) is 10.6. The van der Waals surface area contributed by atoms with Crippen LogP contribution in [-0.2, 0) is 11.3 Å². The van der Waals surface area contributed by atoms with Crippen molar-refractivity contribution >= 4 is 17.5 Å². The third-order valence-corrected chi connectivity index (χ3v) is 5.29. The van der Waals surface area contributed by atoms with Crippen molar-refractivity contribution in [1.29, 1.82) is 0 Å². The van der Waals surface area contributed by atoms with Crippen molar-refractivity contribution in [3.63, 3.8) is 0 Å². The van der Waals surface area contributed by atoms with E-state index in [1.165, 1.54) is 0 Å². The van der Waals surface area contributed by atoms with Gasteiger partial charge in [0.15, 0.2) is 0 Å². The fourth-order valence-electron chi connectivity index (χ4n) is 3.21. The molecule has 0 atom stereocenters. The van der Waals surface area contributed by atoms with E-state index in [9.17, 15) is 4.79 Å². The molecule has 2 aromatic carbocycles. The van der Waals surface area contributed by atoms with Gasteiger partial charge in [0.2, 0.25) is 17.7 Å². The van der Waals surface area contributed by atoms with Gasteiger partial charge in [-0.05, 0) is 67.8 Å². The zero-order valence-corrected chi connectivity index (χ0v) is 18.0. The standard InChI is InChI=1S/C23H24ClN3O4/c1-29-19-10-12-20(13-11-19)30-14-2-3-22(28)27(18-8-9-18)15-21-25-26-23(31-21)16-4-6-17(24)7-5-16/h4-7,10-13,18H,2-3,8-9,14-15H2,1H3. The lowest BCUT2D eigenvalue weighted by molar-refractivity contribution is -0.133. The van der Waals surface area contributed by atoms with Crippen molar-refractivity contribution in [2.45, 2.75) is 38.3 Å². The quantitative estimate of drug-likeness (QED) is 0.422. The van der Waals surface area contributed by atoms with Gasteiger partial charge in [-0.3, -0.25) is 4.79 Å². The molecule has 1 fully saturated rings. The second-order valence-electron chi connectivity index (χ2n) is 7.39. The van der Waals surface area contributed by atoms with Gasteiger partial charge in [0.05, 0.1) is 20.3 Å². The lowest BCUT2D eigenvalue weighted by Crippen LogP contribution is -2.32. The normalized spacial score (nSPS) is 13.1. The highest BCUT2D eigenvalue weighted by Crippen LogP contribution is 2.30. The molecule has 0 spiro atoms. The van der Waals surface area contributed by atoms with E-state index in [4.69, 9.17) is 25.5 Å². The highest BCUT2D eigenvalue weighted by atomic mass is 35.5. The number of carbonyl (C=O) groups excluding carboxylic acids is 1. The van der Waals surface area contributed by atoms with Crippen LogP contribution in [0.1, 0.15) is 31.6 Å². The Morgan fingerprint density at radius 2 is 1.81 bits per heavy atom. The predicted molar refractivity (Wildman–Crippen MR) is 116 cm³/mol. The summed E-state index contributed by atoms with van der Waals surface area (Å²) >= 11 is 5.92. The summed E-state index contributed by atoms with van der Waals surface area (Å²) in [7, 11) is 1.62. The topological polar surface area (TPSA) is 77.7 Å². The Kier molecular flexibility index (Phi) is 6.72. The molecule has 8 heteroatoms. The molecule has 3 aromatic rings. The average Bonchev–Trinajstić information content (AvgIpc) is 3.53. The number of aromatic nitrogens is 2. The molecule has 1 aliphatic rings. The lowest BCUT2D eigenvalue weighted by atomic mass is 10.2. The minimum atomic E-state index is 0.0760. The van der Waals surface area contributed by atoms with Gasteiger partial charge in [-0.25, -0.2) is 0 Å². The molecule has 162 valence electrons. The number of amides is 1. The fourth-order valence-corrected chi connectivity index (χ4v) is 3.33. The van der Waals surface area contributed by atoms with Crippen molar-refractivity contribution < 1.29 is 18.7 Å². The van der Waals surface area contributed by atoms with E-state index >= 15 is 0 Å². The molecule has 0 unspecified atom stereocenters. The molecule has 31 heavy (non-hydrogen) atoms. The second kappa shape index (κ2) is 9.83. The van der Waals surface area contributed by atoms with Crippen molar-refractivity contribution in [3.05, 3.63) is 59.4 Å². The van der Waals surface area contributed by atoms with E-state index in [1.54, 1.807) is 19.2 Å². The Morgan fingerprint density at radius 1 is 1.10 bits per heavy atom. The summed E-state index contributed by atoms with van der Waals surface area (Å²) in [6, 6.07) is 14.8. The number of ether oxygens (including phenoxy) is 2. The molecule has 1 saturated carbocycles. The zero-order valence-electron chi connectivity index (χ0n) is 17.3. The number of methoxy groups -OCH3 is 1. The zero-order chi connectivity index (χ0) is 21.6. The predicted octanol–water partition coefficient (Wildman–Crippen LogP) is 4.75. The highest BCUT2D eigenvalue weighted by Gasteiger charge is 2.33. The van der Waals surface area contributed by atoms with Crippen LogP contribution < -0.4 is 9.47 Å². The summed E-state index contributed by atoms with van der Waals surface area (Å²) in [5.41, 5.74) is 0.795. The van der Waals surface area contributed by atoms with Crippen LogP contribution in [0.3, 0.4) is 0 Å². The van der Waals surface area contributed by atoms with Gasteiger partial charge in [-0.15, -0.1) is 10.2 Å². The monoisotopic (exact) mass is 441 g/mol. The fraction of sp³-hybridized carbons (Fsp3) is 0.348. The van der Waals surface area contributed by atoms with Crippen molar-refractivity contribution in [2.24, 2.45) is 0 Å². The van der Waals surface area contributed by atoms with Crippen LogP contribution in [0.2, 0.25) is 5.02 Å². The van der Waals surface area contributed by atoms with E-state index in [0.29, 0.717) is 42.8 Å². The number of hydrogen-bond donors (Lipinski definition) is 0. The third-order valence-electron chi connectivity index (χ3n) is 5.03. The van der Waals surface area contributed by atoms with Crippen LogP contribution in [0.15, 0.2) is 52.9 Å². The maximum atomic E-state index is 12.8. The molecular weight excluding hydrogens is 418 g/mol. The van der Waals surface area contributed by atoms with Gasteiger partial charge in [-0.2, -0.15) is 0 Å². The molecule has 1 heterocycles. The molecule has 0 N–H and O–H groups in total. The van der Waals surface area contributed by atoms with Gasteiger partial charge in [-0.1, -0.05) is 11.6 Å². The average molecular weight is 442 g/mol. The summed E-state index contributed by atoms with van der Waals surface area (Å²) in [6.07, 6.45) is 3.05. The Balaban J connectivity index is 1.28. The molecular formula is C23H24ClN3O4. The van der Waals surface area contributed by atoms with Gasteiger partial charge in [0.1, 0.15) is 11.5 Å². The molecule has 1 aliphatic carbocycles. The molecule has 0 saturated heterocycles. The first-order chi connectivity index (χ1) is 15.1. The summed E-state index contributed by atoms with van der Waals surface area (Å²) < 4.78 is 16.6. The van der Waals surface area contributed by atoms with Crippen LogP contribution >= 0.6 is 11.6 Å². The van der Waals surface area contributed by atoms with E-state index in [0.717, 1.165) is 29.9 Å². The first-order valence-electron chi connectivity index (χ1n) is 10.3. The summed E-state index contributed by atoms with van der Waals surface area (Å²) in [5, 5.41) is 8.87. The number of carbonyl (C=O) groups is 1. The molecule has 4 rings (SSSR count). The van der Waals surface area contributed by atoms with Crippen molar-refractivity contribution in [3.8, 4) is 23.0 Å². The van der Waals surface area contributed by atoms with Gasteiger partial charge in [0, 0.05) is 23.0 Å². The summed E-state index contributed by atoms with van der Waals surface area (Å²) in [6.45, 7) is 0.793. The van der Waals surface area contributed by atoms with Gasteiger partial charge < -0.3 is 18.8 Å². The van der Waals surface area contributed by atoms with E-state index in [2.05, 4.69) is 10.2 Å². The third kappa shape index (κ3) is 5.76. The number of nitrogens with zero attached hydrogens (tertiary/aromatic N) is 3. The molecule has 7 nitrogen and oxygen atoms in total. The second-order valence-corrected chi connectivity index (χ2v) is 7.82. The largest absolute Gasteiger partial charge is 0.497 e. The first kappa shape index (κ1) is 21.2. The lowest BCUT2D eigenvalue weighted by Gasteiger charge is -2.20. The van der Waals surface area contributed by atoms with Crippen LogP contribution in [-0.4, -0.2) is 40.8 Å². The minimum absolute atomic E-state index is 0.0760. The SMILES string of the molecule is COc1ccc(OCCCC(=O)N(Cc2nnc(-c3ccc(Cl)cc3)o2)C2CC2)cc1. The smallest absolute Gasteiger partial charge is 0.247 e.